The van der Waals surface area contributed by atoms with E-state index in [4.69, 9.17) is 0 Å². The number of hydrogen-bond donors (Lipinski definition) is 0. The van der Waals surface area contributed by atoms with Gasteiger partial charge in [-0.1, -0.05) is 0 Å². The quantitative estimate of drug-likeness (QED) is 0.722. The van der Waals surface area contributed by atoms with Crippen LogP contribution < -0.4 is 0 Å². The first-order valence-corrected chi connectivity index (χ1v) is 9.89. The fraction of sp³-hybridized carbons (Fsp3) is 0.500. The molecule has 0 saturated carbocycles. The maximum Gasteiger partial charge on any atom is 0.470 e. The highest BCUT2D eigenvalue weighted by Crippen LogP contribution is 2.35. The van der Waals surface area contributed by atoms with E-state index in [-0.39, 0.29) is 29.1 Å². The van der Waals surface area contributed by atoms with Gasteiger partial charge < -0.3 is 4.42 Å². The predicted molar refractivity (Wildman–Crippen MR) is 82.1 cm³/mol. The molecule has 0 N–H and O–H groups in total. The second-order valence-electron chi connectivity index (χ2n) is 5.18. The van der Waals surface area contributed by atoms with Crippen LogP contribution in [0.5, 0.6) is 0 Å². The minimum atomic E-state index is -4.68. The molecule has 1 aliphatic heterocycles. The van der Waals surface area contributed by atoms with Crippen LogP contribution in [0.3, 0.4) is 0 Å². The zero-order chi connectivity index (χ0) is 17.5. The van der Waals surface area contributed by atoms with Crippen LogP contribution in [0.15, 0.2) is 24.5 Å². The van der Waals surface area contributed by atoms with E-state index >= 15 is 0 Å². The van der Waals surface area contributed by atoms with Crippen LogP contribution in [0.4, 0.5) is 13.2 Å². The summed E-state index contributed by atoms with van der Waals surface area (Å²) in [5.74, 6) is -1.86. The SMILES string of the molecule is O=S(=O)(c1ccc(Br)s1)N1CCC(c2nnc(C(F)(F)F)o2)CC1. The number of aromatic nitrogens is 2. The molecule has 1 saturated heterocycles. The van der Waals surface area contributed by atoms with Crippen molar-refractivity contribution in [3.05, 3.63) is 27.7 Å². The van der Waals surface area contributed by atoms with E-state index in [1.54, 1.807) is 6.07 Å². The third-order valence-electron chi connectivity index (χ3n) is 3.63. The van der Waals surface area contributed by atoms with Crippen molar-refractivity contribution in [2.24, 2.45) is 0 Å². The number of hydrogen-bond acceptors (Lipinski definition) is 6. The normalized spacial score (nSPS) is 18.2. The lowest BCUT2D eigenvalue weighted by atomic mass is 9.98. The largest absolute Gasteiger partial charge is 0.470 e. The molecule has 0 aromatic carbocycles. The molecule has 0 bridgehead atoms. The summed E-state index contributed by atoms with van der Waals surface area (Å²) in [6.07, 6.45) is -4.03. The molecule has 24 heavy (non-hydrogen) atoms. The Balaban J connectivity index is 1.69. The Hall–Kier alpha value is -0.980. The van der Waals surface area contributed by atoms with E-state index in [1.807, 2.05) is 0 Å². The van der Waals surface area contributed by atoms with Crippen molar-refractivity contribution in [1.82, 2.24) is 14.5 Å². The van der Waals surface area contributed by atoms with E-state index in [2.05, 4.69) is 30.5 Å². The summed E-state index contributed by atoms with van der Waals surface area (Å²) in [6.45, 7) is 0.374. The van der Waals surface area contributed by atoms with Crippen LogP contribution in [-0.4, -0.2) is 36.0 Å². The highest BCUT2D eigenvalue weighted by Gasteiger charge is 2.40. The van der Waals surface area contributed by atoms with Gasteiger partial charge in [0.05, 0.1) is 3.79 Å². The zero-order valence-corrected chi connectivity index (χ0v) is 15.2. The van der Waals surface area contributed by atoms with E-state index in [1.165, 1.54) is 10.4 Å². The second kappa shape index (κ2) is 6.39. The smallest absolute Gasteiger partial charge is 0.417 e. The van der Waals surface area contributed by atoms with Crippen molar-refractivity contribution >= 4 is 37.3 Å². The highest BCUT2D eigenvalue weighted by atomic mass is 79.9. The fourth-order valence-corrected chi connectivity index (χ4v) is 6.05. The van der Waals surface area contributed by atoms with Crippen molar-refractivity contribution in [3.63, 3.8) is 0 Å². The van der Waals surface area contributed by atoms with Gasteiger partial charge in [-0.05, 0) is 40.9 Å². The van der Waals surface area contributed by atoms with Crippen LogP contribution in [0, 0.1) is 0 Å². The lowest BCUT2D eigenvalue weighted by Crippen LogP contribution is -2.37. The Morgan fingerprint density at radius 1 is 1.25 bits per heavy atom. The van der Waals surface area contributed by atoms with Gasteiger partial charge in [-0.25, -0.2) is 8.42 Å². The van der Waals surface area contributed by atoms with Gasteiger partial charge in [0.1, 0.15) is 4.21 Å². The Bertz CT molecular complexity index is 826. The Kier molecular flexibility index (Phi) is 4.75. The molecule has 0 atom stereocenters. The molecule has 2 aromatic heterocycles. The van der Waals surface area contributed by atoms with Crippen LogP contribution in [0.1, 0.15) is 30.5 Å². The molecule has 3 rings (SSSR count). The third-order valence-corrected chi connectivity index (χ3v) is 7.62. The van der Waals surface area contributed by atoms with Crippen LogP contribution in [-0.2, 0) is 16.2 Å². The van der Waals surface area contributed by atoms with Crippen LogP contribution >= 0.6 is 27.3 Å². The molecule has 132 valence electrons. The second-order valence-corrected chi connectivity index (χ2v) is 9.81. The minimum Gasteiger partial charge on any atom is -0.417 e. The summed E-state index contributed by atoms with van der Waals surface area (Å²) >= 11 is 4.34. The maximum absolute atomic E-state index is 12.5. The molecule has 0 unspecified atom stereocenters. The minimum absolute atomic E-state index is 0.0989. The van der Waals surface area contributed by atoms with Crippen LogP contribution in [0.2, 0.25) is 0 Å². The molecule has 1 fully saturated rings. The molecule has 0 radical (unpaired) electrons. The topological polar surface area (TPSA) is 76.3 Å². The zero-order valence-electron chi connectivity index (χ0n) is 12.0. The van der Waals surface area contributed by atoms with Crippen molar-refractivity contribution < 1.29 is 26.0 Å². The maximum atomic E-state index is 12.5. The highest BCUT2D eigenvalue weighted by molar-refractivity contribution is 9.11. The van der Waals surface area contributed by atoms with Crippen molar-refractivity contribution in [1.29, 1.82) is 0 Å². The van der Waals surface area contributed by atoms with E-state index in [0.29, 0.717) is 16.6 Å². The molecule has 1 aliphatic rings. The van der Waals surface area contributed by atoms with Gasteiger partial charge in [-0.15, -0.1) is 21.5 Å². The molecule has 0 amide bonds. The van der Waals surface area contributed by atoms with Gasteiger partial charge in [0.25, 0.3) is 10.0 Å². The van der Waals surface area contributed by atoms with Crippen molar-refractivity contribution in [2.75, 3.05) is 13.1 Å². The van der Waals surface area contributed by atoms with E-state index in [9.17, 15) is 21.6 Å². The molecule has 0 aliphatic carbocycles. The lowest BCUT2D eigenvalue weighted by molar-refractivity contribution is -0.157. The van der Waals surface area contributed by atoms with Gasteiger partial charge in [0.2, 0.25) is 5.89 Å². The van der Waals surface area contributed by atoms with Crippen molar-refractivity contribution in [2.45, 2.75) is 29.1 Å². The monoisotopic (exact) mass is 445 g/mol. The standard InChI is InChI=1S/C12H11BrF3N3O3S2/c13-8-1-2-9(23-8)24(20,21)19-5-3-7(4-6-19)10-17-18-11(22-10)12(14,15)16/h1-2,7H,3-6H2. The van der Waals surface area contributed by atoms with Gasteiger partial charge in [-0.2, -0.15) is 17.5 Å². The molecule has 0 spiro atoms. The number of halogens is 4. The summed E-state index contributed by atoms with van der Waals surface area (Å²) in [7, 11) is -3.59. The molecule has 3 heterocycles. The van der Waals surface area contributed by atoms with Crippen LogP contribution in [0.25, 0.3) is 0 Å². The molecule has 2 aromatic rings. The third kappa shape index (κ3) is 3.51. The number of nitrogens with zero attached hydrogens (tertiary/aromatic N) is 3. The summed E-state index contributed by atoms with van der Waals surface area (Å²) < 4.78 is 69.4. The molecular weight excluding hydrogens is 435 g/mol. The van der Waals surface area contributed by atoms with Gasteiger partial charge in [-0.3, -0.25) is 0 Å². The number of rotatable bonds is 3. The van der Waals surface area contributed by atoms with E-state index < -0.39 is 22.1 Å². The Morgan fingerprint density at radius 2 is 1.92 bits per heavy atom. The lowest BCUT2D eigenvalue weighted by Gasteiger charge is -2.29. The first kappa shape index (κ1) is 17.8. The Labute approximate surface area is 147 Å². The van der Waals surface area contributed by atoms with Gasteiger partial charge in [0, 0.05) is 19.0 Å². The Morgan fingerprint density at radius 3 is 2.42 bits per heavy atom. The predicted octanol–water partition coefficient (Wildman–Crippen LogP) is 3.48. The first-order valence-electron chi connectivity index (χ1n) is 6.84. The average molecular weight is 446 g/mol. The van der Waals surface area contributed by atoms with Gasteiger partial charge in [0.15, 0.2) is 0 Å². The first-order chi connectivity index (χ1) is 11.2. The summed E-state index contributed by atoms with van der Waals surface area (Å²) in [5.41, 5.74) is 0. The molecule has 12 heteroatoms. The fourth-order valence-electron chi connectivity index (χ4n) is 2.42. The number of sulfonamides is 1. The van der Waals surface area contributed by atoms with E-state index in [0.717, 1.165) is 11.3 Å². The van der Waals surface area contributed by atoms with Crippen molar-refractivity contribution in [3.8, 4) is 0 Å². The summed E-state index contributed by atoms with van der Waals surface area (Å²) in [5, 5.41) is 6.45. The molecule has 6 nitrogen and oxygen atoms in total. The number of alkyl halides is 3. The number of thiophene rings is 1. The number of piperidine rings is 1. The average Bonchev–Trinajstić information content (AvgIpc) is 3.16. The summed E-state index contributed by atoms with van der Waals surface area (Å²) in [6, 6.07) is 3.17. The van der Waals surface area contributed by atoms with Gasteiger partial charge >= 0.3 is 12.1 Å². The molecular formula is C12H11BrF3N3O3S2. The summed E-state index contributed by atoms with van der Waals surface area (Å²) in [4.78, 5) is 0.